The van der Waals surface area contributed by atoms with Gasteiger partial charge in [-0.1, -0.05) is 40.2 Å². The molecule has 116 valence electrons. The van der Waals surface area contributed by atoms with Gasteiger partial charge in [-0.3, -0.25) is 0 Å². The third-order valence-electron chi connectivity index (χ3n) is 4.84. The number of carboxylic acids is 1. The number of nitrogens with one attached hydrogen (secondary N) is 1. The number of benzene rings is 2. The molecule has 0 spiro atoms. The van der Waals surface area contributed by atoms with Crippen LogP contribution in [0.1, 0.15) is 39.9 Å². The van der Waals surface area contributed by atoms with Crippen molar-refractivity contribution in [3.63, 3.8) is 0 Å². The number of allylic oxidation sites excluding steroid dienone is 2. The second kappa shape index (κ2) is 5.53. The molecule has 0 amide bonds. The van der Waals surface area contributed by atoms with Crippen LogP contribution < -0.4 is 5.32 Å². The molecule has 1 aliphatic heterocycles. The Hall–Kier alpha value is -2.07. The Morgan fingerprint density at radius 2 is 1.96 bits per heavy atom. The van der Waals surface area contributed by atoms with Crippen LogP contribution in [0.3, 0.4) is 0 Å². The summed E-state index contributed by atoms with van der Waals surface area (Å²) >= 11 is 3.48. The van der Waals surface area contributed by atoms with E-state index in [1.807, 2.05) is 12.1 Å². The molecule has 2 aromatic rings. The fraction of sp³-hybridized carbons (Fsp3) is 0.211. The maximum Gasteiger partial charge on any atom is 0.335 e. The van der Waals surface area contributed by atoms with Gasteiger partial charge in [-0.05, 0) is 53.8 Å². The Labute approximate surface area is 143 Å². The van der Waals surface area contributed by atoms with Gasteiger partial charge in [-0.15, -0.1) is 0 Å². The van der Waals surface area contributed by atoms with Gasteiger partial charge < -0.3 is 10.4 Å². The summed E-state index contributed by atoms with van der Waals surface area (Å²) < 4.78 is 1.07. The standard InChI is InChI=1S/C19H16BrNO2/c20-13-7-4-11(5-8-13)18-15-3-1-2-14(15)16-10-12(19(22)23)6-9-17(16)21-18/h1-2,4-10,14-15,18,21H,3H2,(H,22,23)/t14-,15+,18+/m1/s1. The van der Waals surface area contributed by atoms with Gasteiger partial charge in [0.2, 0.25) is 0 Å². The summed E-state index contributed by atoms with van der Waals surface area (Å²) in [5.41, 5.74) is 3.75. The lowest BCUT2D eigenvalue weighted by Crippen LogP contribution is -2.29. The maximum absolute atomic E-state index is 11.3. The van der Waals surface area contributed by atoms with Crippen LogP contribution in [-0.4, -0.2) is 11.1 Å². The summed E-state index contributed by atoms with van der Waals surface area (Å²) in [5, 5.41) is 12.9. The molecule has 2 aromatic carbocycles. The highest BCUT2D eigenvalue weighted by atomic mass is 79.9. The van der Waals surface area contributed by atoms with E-state index in [-0.39, 0.29) is 12.0 Å². The van der Waals surface area contributed by atoms with E-state index in [1.165, 1.54) is 5.56 Å². The Bertz CT molecular complexity index is 798. The van der Waals surface area contributed by atoms with Gasteiger partial charge in [0.05, 0.1) is 11.6 Å². The first kappa shape index (κ1) is 14.5. The second-order valence-electron chi connectivity index (χ2n) is 6.13. The number of hydrogen-bond acceptors (Lipinski definition) is 2. The van der Waals surface area contributed by atoms with Crippen molar-refractivity contribution < 1.29 is 9.90 Å². The van der Waals surface area contributed by atoms with Crippen molar-refractivity contribution in [1.29, 1.82) is 0 Å². The summed E-state index contributed by atoms with van der Waals surface area (Å²) in [6, 6.07) is 14.1. The highest BCUT2D eigenvalue weighted by Gasteiger charge is 2.38. The van der Waals surface area contributed by atoms with E-state index in [1.54, 1.807) is 6.07 Å². The Morgan fingerprint density at radius 1 is 1.17 bits per heavy atom. The highest BCUT2D eigenvalue weighted by molar-refractivity contribution is 9.10. The molecule has 4 heteroatoms. The van der Waals surface area contributed by atoms with E-state index in [9.17, 15) is 9.90 Å². The van der Waals surface area contributed by atoms with Crippen molar-refractivity contribution in [2.45, 2.75) is 18.4 Å². The van der Waals surface area contributed by atoms with Gasteiger partial charge in [-0.2, -0.15) is 0 Å². The van der Waals surface area contributed by atoms with Crippen LogP contribution in [0.5, 0.6) is 0 Å². The van der Waals surface area contributed by atoms with Crippen LogP contribution in [0, 0.1) is 5.92 Å². The van der Waals surface area contributed by atoms with E-state index in [2.05, 4.69) is 57.7 Å². The zero-order chi connectivity index (χ0) is 16.0. The first-order valence-corrected chi connectivity index (χ1v) is 8.48. The lowest BCUT2D eigenvalue weighted by atomic mass is 9.76. The second-order valence-corrected chi connectivity index (χ2v) is 7.05. The molecular weight excluding hydrogens is 354 g/mol. The molecule has 0 saturated heterocycles. The minimum Gasteiger partial charge on any atom is -0.478 e. The molecule has 0 unspecified atom stereocenters. The minimum atomic E-state index is -0.874. The number of aromatic carboxylic acids is 1. The summed E-state index contributed by atoms with van der Waals surface area (Å²) in [7, 11) is 0. The first-order valence-electron chi connectivity index (χ1n) is 7.69. The molecule has 2 N–H and O–H groups in total. The summed E-state index contributed by atoms with van der Waals surface area (Å²) in [6.07, 6.45) is 5.45. The molecule has 0 bridgehead atoms. The van der Waals surface area contributed by atoms with Crippen molar-refractivity contribution in [3.05, 3.63) is 75.8 Å². The molecule has 0 fully saturated rings. The van der Waals surface area contributed by atoms with Gasteiger partial charge in [0.1, 0.15) is 0 Å². The Balaban J connectivity index is 1.77. The molecule has 1 aliphatic carbocycles. The van der Waals surface area contributed by atoms with Gasteiger partial charge >= 0.3 is 5.97 Å². The highest BCUT2D eigenvalue weighted by Crippen LogP contribution is 2.49. The van der Waals surface area contributed by atoms with Gasteiger partial charge in [0.15, 0.2) is 0 Å². The smallest absolute Gasteiger partial charge is 0.335 e. The Morgan fingerprint density at radius 3 is 2.70 bits per heavy atom. The van der Waals surface area contributed by atoms with E-state index in [0.717, 1.165) is 22.1 Å². The lowest BCUT2D eigenvalue weighted by Gasteiger charge is -2.37. The van der Waals surface area contributed by atoms with E-state index in [0.29, 0.717) is 11.5 Å². The minimum absolute atomic E-state index is 0.242. The molecule has 0 aromatic heterocycles. The molecule has 3 atom stereocenters. The Kier molecular flexibility index (Phi) is 3.49. The average molecular weight is 370 g/mol. The number of anilines is 1. The number of halogens is 1. The molecule has 0 radical (unpaired) electrons. The third kappa shape index (κ3) is 2.47. The number of hydrogen-bond donors (Lipinski definition) is 2. The molecular formula is C19H16BrNO2. The van der Waals surface area contributed by atoms with Crippen LogP contribution in [-0.2, 0) is 0 Å². The maximum atomic E-state index is 11.3. The van der Waals surface area contributed by atoms with Gasteiger partial charge in [-0.25, -0.2) is 4.79 Å². The fourth-order valence-corrected chi connectivity index (χ4v) is 3.99. The fourth-order valence-electron chi connectivity index (χ4n) is 3.73. The summed E-state index contributed by atoms with van der Waals surface area (Å²) in [5.74, 6) is -0.173. The molecule has 2 aliphatic rings. The van der Waals surface area contributed by atoms with Crippen molar-refractivity contribution in [1.82, 2.24) is 0 Å². The zero-order valence-corrected chi connectivity index (χ0v) is 14.0. The first-order chi connectivity index (χ1) is 11.1. The van der Waals surface area contributed by atoms with E-state index in [4.69, 9.17) is 0 Å². The third-order valence-corrected chi connectivity index (χ3v) is 5.37. The number of carbonyl (C=O) groups is 1. The molecule has 23 heavy (non-hydrogen) atoms. The van der Waals surface area contributed by atoms with Gasteiger partial charge in [0, 0.05) is 16.1 Å². The van der Waals surface area contributed by atoms with Crippen LogP contribution >= 0.6 is 15.9 Å². The van der Waals surface area contributed by atoms with E-state index >= 15 is 0 Å². The largest absolute Gasteiger partial charge is 0.478 e. The van der Waals surface area contributed by atoms with E-state index < -0.39 is 5.97 Å². The van der Waals surface area contributed by atoms with Crippen LogP contribution in [0.15, 0.2) is 59.1 Å². The van der Waals surface area contributed by atoms with Gasteiger partial charge in [0.25, 0.3) is 0 Å². The topological polar surface area (TPSA) is 49.3 Å². The predicted octanol–water partition coefficient (Wildman–Crippen LogP) is 4.97. The SMILES string of the molecule is O=C(O)c1ccc2c(c1)[C@@H]1C=CC[C@@H]1[C@H](c1ccc(Br)cc1)N2. The zero-order valence-electron chi connectivity index (χ0n) is 12.4. The lowest BCUT2D eigenvalue weighted by molar-refractivity contribution is 0.0696. The molecule has 1 heterocycles. The predicted molar refractivity (Wildman–Crippen MR) is 93.9 cm³/mol. The quantitative estimate of drug-likeness (QED) is 0.734. The van der Waals surface area contributed by atoms with Crippen molar-refractivity contribution in [2.75, 3.05) is 5.32 Å². The normalized spacial score (nSPS) is 24.7. The number of carboxylic acid groups (broad SMARTS) is 1. The van der Waals surface area contributed by atoms with Crippen LogP contribution in [0.25, 0.3) is 0 Å². The molecule has 4 rings (SSSR count). The van der Waals surface area contributed by atoms with Crippen LogP contribution in [0.2, 0.25) is 0 Å². The van der Waals surface area contributed by atoms with Crippen LogP contribution in [0.4, 0.5) is 5.69 Å². The number of rotatable bonds is 2. The molecule has 3 nitrogen and oxygen atoms in total. The van der Waals surface area contributed by atoms with Crippen molar-refractivity contribution >= 4 is 27.6 Å². The summed E-state index contributed by atoms with van der Waals surface area (Å²) in [6.45, 7) is 0. The van der Waals surface area contributed by atoms with Crippen molar-refractivity contribution in [2.24, 2.45) is 5.92 Å². The average Bonchev–Trinajstić information content (AvgIpc) is 3.04. The monoisotopic (exact) mass is 369 g/mol. The molecule has 0 saturated carbocycles. The summed E-state index contributed by atoms with van der Waals surface area (Å²) in [4.78, 5) is 11.3. The van der Waals surface area contributed by atoms with Crippen molar-refractivity contribution in [3.8, 4) is 0 Å². The number of fused-ring (bicyclic) bond motifs is 3.